The van der Waals surface area contributed by atoms with E-state index < -0.39 is 5.38 Å². The molecule has 2 fully saturated rings. The Morgan fingerprint density at radius 2 is 1.74 bits per heavy atom. The SMILES string of the molecule is CC(Cl)C(=O)NCC1(N2CCCCC2)CCCCC1. The highest BCUT2D eigenvalue weighted by atomic mass is 35.5. The Hall–Kier alpha value is -0.280. The second kappa shape index (κ2) is 6.94. The van der Waals surface area contributed by atoms with E-state index in [-0.39, 0.29) is 11.4 Å². The Bertz CT molecular complexity index is 295. The monoisotopic (exact) mass is 286 g/mol. The minimum Gasteiger partial charge on any atom is -0.353 e. The second-order valence-electron chi connectivity index (χ2n) is 6.17. The standard InChI is InChI=1S/C15H27ClN2O/c1-13(16)14(19)17-12-15(8-4-2-5-9-15)18-10-6-3-7-11-18/h13H,2-12H2,1H3,(H,17,19). The van der Waals surface area contributed by atoms with Crippen LogP contribution in [0.4, 0.5) is 0 Å². The van der Waals surface area contributed by atoms with Crippen LogP contribution in [-0.2, 0) is 4.79 Å². The number of carbonyl (C=O) groups excluding carboxylic acids is 1. The van der Waals surface area contributed by atoms with Crippen molar-refractivity contribution in [2.45, 2.75) is 69.2 Å². The lowest BCUT2D eigenvalue weighted by Gasteiger charge is -2.48. The van der Waals surface area contributed by atoms with Crippen molar-refractivity contribution in [2.24, 2.45) is 0 Å². The summed E-state index contributed by atoms with van der Waals surface area (Å²) in [6.45, 7) is 4.92. The molecule has 2 aliphatic rings. The smallest absolute Gasteiger partial charge is 0.237 e. The summed E-state index contributed by atoms with van der Waals surface area (Å²) in [6, 6.07) is 0. The molecule has 1 saturated carbocycles. The van der Waals surface area contributed by atoms with Crippen LogP contribution in [0.5, 0.6) is 0 Å². The average Bonchev–Trinajstić information content (AvgIpc) is 2.46. The molecule has 1 N–H and O–H groups in total. The molecule has 1 saturated heterocycles. The molecule has 0 radical (unpaired) electrons. The predicted octanol–water partition coefficient (Wildman–Crippen LogP) is 2.92. The van der Waals surface area contributed by atoms with Crippen LogP contribution >= 0.6 is 11.6 Å². The van der Waals surface area contributed by atoms with Crippen molar-refractivity contribution in [3.05, 3.63) is 0 Å². The minimum absolute atomic E-state index is 0.0244. The third-order valence-electron chi connectivity index (χ3n) is 4.76. The maximum atomic E-state index is 11.7. The van der Waals surface area contributed by atoms with Crippen molar-refractivity contribution in [3.8, 4) is 0 Å². The Balaban J connectivity index is 1.99. The molecule has 2 rings (SSSR count). The van der Waals surface area contributed by atoms with Gasteiger partial charge in [0.05, 0.1) is 0 Å². The van der Waals surface area contributed by atoms with E-state index in [0.29, 0.717) is 0 Å². The van der Waals surface area contributed by atoms with E-state index in [1.165, 1.54) is 64.5 Å². The molecule has 0 aromatic heterocycles. The van der Waals surface area contributed by atoms with E-state index in [9.17, 15) is 4.79 Å². The third kappa shape index (κ3) is 3.85. The van der Waals surface area contributed by atoms with Crippen LogP contribution in [0.25, 0.3) is 0 Å². The molecule has 1 unspecified atom stereocenters. The highest BCUT2D eigenvalue weighted by molar-refractivity contribution is 6.30. The topological polar surface area (TPSA) is 32.3 Å². The van der Waals surface area contributed by atoms with Crippen molar-refractivity contribution in [2.75, 3.05) is 19.6 Å². The quantitative estimate of drug-likeness (QED) is 0.806. The Kier molecular flexibility index (Phi) is 5.52. The first-order chi connectivity index (χ1) is 9.14. The summed E-state index contributed by atoms with van der Waals surface area (Å²) in [4.78, 5) is 14.4. The number of hydrogen-bond donors (Lipinski definition) is 1. The van der Waals surface area contributed by atoms with Gasteiger partial charge in [-0.2, -0.15) is 0 Å². The van der Waals surface area contributed by atoms with Gasteiger partial charge in [-0.3, -0.25) is 9.69 Å². The Morgan fingerprint density at radius 1 is 1.16 bits per heavy atom. The molecule has 19 heavy (non-hydrogen) atoms. The lowest BCUT2D eigenvalue weighted by Crippen LogP contribution is -2.58. The molecule has 110 valence electrons. The van der Waals surface area contributed by atoms with Crippen LogP contribution < -0.4 is 5.32 Å². The van der Waals surface area contributed by atoms with Crippen molar-refractivity contribution >= 4 is 17.5 Å². The molecule has 4 heteroatoms. The summed E-state index contributed by atoms with van der Waals surface area (Å²) in [6.07, 6.45) is 10.4. The molecule has 1 aliphatic heterocycles. The van der Waals surface area contributed by atoms with Gasteiger partial charge in [0.25, 0.3) is 0 Å². The molecule has 0 aromatic rings. The lowest BCUT2D eigenvalue weighted by molar-refractivity contribution is -0.121. The van der Waals surface area contributed by atoms with Gasteiger partial charge in [-0.1, -0.05) is 25.7 Å². The van der Waals surface area contributed by atoms with Crippen molar-refractivity contribution in [1.29, 1.82) is 0 Å². The molecule has 1 amide bonds. The molecular weight excluding hydrogens is 260 g/mol. The van der Waals surface area contributed by atoms with E-state index in [2.05, 4.69) is 10.2 Å². The van der Waals surface area contributed by atoms with Gasteiger partial charge in [0.15, 0.2) is 0 Å². The van der Waals surface area contributed by atoms with Crippen molar-refractivity contribution in [1.82, 2.24) is 10.2 Å². The Labute approximate surface area is 122 Å². The number of hydrogen-bond acceptors (Lipinski definition) is 2. The molecule has 0 bridgehead atoms. The predicted molar refractivity (Wildman–Crippen MR) is 79.6 cm³/mol. The summed E-state index contributed by atoms with van der Waals surface area (Å²) < 4.78 is 0. The van der Waals surface area contributed by atoms with Crippen LogP contribution in [0.1, 0.15) is 58.3 Å². The number of nitrogens with one attached hydrogen (secondary N) is 1. The third-order valence-corrected chi connectivity index (χ3v) is 4.96. The van der Waals surface area contributed by atoms with Crippen LogP contribution in [0.15, 0.2) is 0 Å². The van der Waals surface area contributed by atoms with E-state index in [1.807, 2.05) is 0 Å². The van der Waals surface area contributed by atoms with Crippen molar-refractivity contribution in [3.63, 3.8) is 0 Å². The molecular formula is C15H27ClN2O. The first-order valence-corrected chi connectivity index (χ1v) is 8.25. The number of piperidine rings is 1. The van der Waals surface area contributed by atoms with E-state index in [4.69, 9.17) is 11.6 Å². The fourth-order valence-corrected chi connectivity index (χ4v) is 3.65. The largest absolute Gasteiger partial charge is 0.353 e. The van der Waals surface area contributed by atoms with Crippen molar-refractivity contribution < 1.29 is 4.79 Å². The highest BCUT2D eigenvalue weighted by Crippen LogP contribution is 2.35. The molecule has 3 nitrogen and oxygen atoms in total. The van der Waals surface area contributed by atoms with Crippen LogP contribution in [0, 0.1) is 0 Å². The summed E-state index contributed by atoms with van der Waals surface area (Å²) in [5, 5.41) is 2.65. The van der Waals surface area contributed by atoms with E-state index >= 15 is 0 Å². The molecule has 0 aromatic carbocycles. The molecule has 1 atom stereocenters. The molecule has 0 spiro atoms. The average molecular weight is 287 g/mol. The molecule has 1 aliphatic carbocycles. The fraction of sp³-hybridized carbons (Fsp3) is 0.933. The zero-order valence-electron chi connectivity index (χ0n) is 12.1. The maximum absolute atomic E-state index is 11.7. The van der Waals surface area contributed by atoms with Crippen LogP contribution in [0.3, 0.4) is 0 Å². The first-order valence-electron chi connectivity index (χ1n) is 7.81. The van der Waals surface area contributed by atoms with E-state index in [0.717, 1.165) is 6.54 Å². The van der Waals surface area contributed by atoms with Crippen LogP contribution in [0.2, 0.25) is 0 Å². The van der Waals surface area contributed by atoms with Gasteiger partial charge in [-0.25, -0.2) is 0 Å². The first kappa shape index (κ1) is 15.1. The lowest BCUT2D eigenvalue weighted by atomic mass is 9.79. The number of carbonyl (C=O) groups is 1. The fourth-order valence-electron chi connectivity index (χ4n) is 3.58. The number of likely N-dealkylation sites (tertiary alicyclic amines) is 1. The highest BCUT2D eigenvalue weighted by Gasteiger charge is 2.38. The normalized spacial score (nSPS) is 25.8. The van der Waals surface area contributed by atoms with Gasteiger partial charge >= 0.3 is 0 Å². The van der Waals surface area contributed by atoms with Gasteiger partial charge in [0, 0.05) is 12.1 Å². The number of alkyl halides is 1. The van der Waals surface area contributed by atoms with Gasteiger partial charge < -0.3 is 5.32 Å². The van der Waals surface area contributed by atoms with Crippen LogP contribution in [-0.4, -0.2) is 41.4 Å². The number of nitrogens with zero attached hydrogens (tertiary/aromatic N) is 1. The number of amides is 1. The minimum atomic E-state index is -0.429. The zero-order valence-corrected chi connectivity index (χ0v) is 12.8. The van der Waals surface area contributed by atoms with Gasteiger partial charge in [0.1, 0.15) is 5.38 Å². The summed E-state index contributed by atoms with van der Waals surface area (Å²) in [5.74, 6) is -0.0244. The zero-order chi connectivity index (χ0) is 13.7. The maximum Gasteiger partial charge on any atom is 0.237 e. The number of rotatable bonds is 4. The molecule has 1 heterocycles. The Morgan fingerprint density at radius 3 is 2.32 bits per heavy atom. The van der Waals surface area contributed by atoms with Gasteiger partial charge in [-0.05, 0) is 45.7 Å². The van der Waals surface area contributed by atoms with Gasteiger partial charge in [-0.15, -0.1) is 11.6 Å². The number of halogens is 1. The summed E-state index contributed by atoms with van der Waals surface area (Å²) in [5.41, 5.74) is 0.208. The summed E-state index contributed by atoms with van der Waals surface area (Å²) in [7, 11) is 0. The van der Waals surface area contributed by atoms with E-state index in [1.54, 1.807) is 6.92 Å². The second-order valence-corrected chi connectivity index (χ2v) is 6.82. The summed E-state index contributed by atoms with van der Waals surface area (Å²) >= 11 is 5.85. The van der Waals surface area contributed by atoms with Gasteiger partial charge in [0.2, 0.25) is 5.91 Å².